The fourth-order valence-corrected chi connectivity index (χ4v) is 10.1. The molecular weight excluding hydrogens is 894 g/mol. The molecule has 2 aromatic heterocycles. The summed E-state index contributed by atoms with van der Waals surface area (Å²) in [6.07, 6.45) is 6.13. The van der Waals surface area contributed by atoms with Crippen LogP contribution >= 0.6 is 46.4 Å². The molecule has 332 valence electrons. The van der Waals surface area contributed by atoms with E-state index >= 15 is 0 Å². The third kappa shape index (κ3) is 9.97. The number of aryl methyl sites for hydroxylation is 4. The molecule has 0 unspecified atom stereocenters. The van der Waals surface area contributed by atoms with E-state index in [2.05, 4.69) is 33.4 Å². The van der Waals surface area contributed by atoms with E-state index < -0.39 is 11.9 Å². The number of ether oxygens (including phenoxy) is 2. The molecule has 4 aromatic carbocycles. The Morgan fingerprint density at radius 2 is 0.969 bits per heavy atom. The maximum atomic E-state index is 11.2. The number of halogens is 4. The van der Waals surface area contributed by atoms with Crippen LogP contribution in [0.1, 0.15) is 96.1 Å². The molecule has 64 heavy (non-hydrogen) atoms. The molecule has 0 bridgehead atoms. The number of benzene rings is 4. The van der Waals surface area contributed by atoms with Crippen molar-refractivity contribution in [1.82, 2.24) is 9.13 Å². The average Bonchev–Trinajstić information content (AvgIpc) is 3.78. The number of aliphatic carboxylic acids is 2. The molecule has 0 spiro atoms. The number of hydrogen-bond donors (Lipinski definition) is 2. The predicted octanol–water partition coefficient (Wildman–Crippen LogP) is 12.6. The minimum absolute atomic E-state index is 0.0539. The summed E-state index contributed by atoms with van der Waals surface area (Å²) in [5.74, 6) is -0.895. The standard InChI is InChI=1S/2C25H24Cl2N2O3/c2*1-14-9-15(13-28)10-22-19(14)11-17(29(22)2)12-20-21(26)7-8-23(24(20)27)32-18-5-3-16(4-6-18)25(30)31/h2*7-11,16,18H,3-6,12H2,1-2H3,(H,30,31). The van der Waals surface area contributed by atoms with Crippen molar-refractivity contribution in [3.05, 3.63) is 126 Å². The Morgan fingerprint density at radius 3 is 1.30 bits per heavy atom. The molecule has 0 amide bonds. The predicted molar refractivity (Wildman–Crippen MR) is 251 cm³/mol. The third-order valence-electron chi connectivity index (χ3n) is 12.8. The number of carboxylic acids is 2. The van der Waals surface area contributed by atoms with Gasteiger partial charge in [0.2, 0.25) is 0 Å². The van der Waals surface area contributed by atoms with Crippen LogP contribution in [-0.4, -0.2) is 43.5 Å². The van der Waals surface area contributed by atoms with Crippen LogP contribution < -0.4 is 9.47 Å². The lowest BCUT2D eigenvalue weighted by molar-refractivity contribution is -0.144. The summed E-state index contributed by atoms with van der Waals surface area (Å²) in [4.78, 5) is 22.4. The van der Waals surface area contributed by atoms with E-state index in [1.807, 2.05) is 52.2 Å². The molecule has 2 aliphatic carbocycles. The normalized spacial score (nSPS) is 18.5. The van der Waals surface area contributed by atoms with Gasteiger partial charge in [-0.2, -0.15) is 10.5 Å². The van der Waals surface area contributed by atoms with Gasteiger partial charge in [0.25, 0.3) is 0 Å². The molecule has 0 atom stereocenters. The summed E-state index contributed by atoms with van der Waals surface area (Å²) < 4.78 is 16.5. The zero-order valence-corrected chi connectivity index (χ0v) is 39.0. The minimum atomic E-state index is -0.734. The molecule has 2 N–H and O–H groups in total. The number of nitrogens with zero attached hydrogens (tertiary/aromatic N) is 4. The quantitative estimate of drug-likeness (QED) is 0.138. The highest BCUT2D eigenvalue weighted by Crippen LogP contribution is 2.40. The molecule has 2 heterocycles. The molecule has 10 nitrogen and oxygen atoms in total. The Morgan fingerprint density at radius 1 is 0.609 bits per heavy atom. The number of carboxylic acid groups (broad SMARTS) is 2. The Bertz CT molecular complexity index is 2660. The Balaban J connectivity index is 0.000000191. The number of fused-ring (bicyclic) bond motifs is 2. The third-order valence-corrected chi connectivity index (χ3v) is 14.4. The van der Waals surface area contributed by atoms with Crippen molar-refractivity contribution in [1.29, 1.82) is 10.5 Å². The highest BCUT2D eigenvalue weighted by atomic mass is 35.5. The highest BCUT2D eigenvalue weighted by Gasteiger charge is 2.29. The summed E-state index contributed by atoms with van der Waals surface area (Å²) in [6, 6.07) is 23.4. The summed E-state index contributed by atoms with van der Waals surface area (Å²) in [6.45, 7) is 4.00. The average molecular weight is 943 g/mol. The lowest BCUT2D eigenvalue weighted by Crippen LogP contribution is -2.27. The van der Waals surface area contributed by atoms with E-state index in [1.54, 1.807) is 24.3 Å². The second kappa shape index (κ2) is 19.8. The summed E-state index contributed by atoms with van der Waals surface area (Å²) in [5, 5.41) is 41.3. The number of hydrogen-bond acceptors (Lipinski definition) is 6. The van der Waals surface area contributed by atoms with Crippen molar-refractivity contribution in [2.45, 2.75) is 90.3 Å². The number of carbonyl (C=O) groups is 2. The van der Waals surface area contributed by atoms with Crippen LogP contribution in [0.25, 0.3) is 21.8 Å². The maximum absolute atomic E-state index is 11.2. The van der Waals surface area contributed by atoms with Crippen LogP contribution in [0.15, 0.2) is 60.7 Å². The van der Waals surface area contributed by atoms with Gasteiger partial charge >= 0.3 is 11.9 Å². The van der Waals surface area contributed by atoms with Gasteiger partial charge in [0.05, 0.1) is 57.4 Å². The van der Waals surface area contributed by atoms with Crippen molar-refractivity contribution < 1.29 is 29.3 Å². The van der Waals surface area contributed by atoms with E-state index in [4.69, 9.17) is 55.9 Å². The van der Waals surface area contributed by atoms with Crippen molar-refractivity contribution in [2.75, 3.05) is 0 Å². The van der Waals surface area contributed by atoms with Crippen molar-refractivity contribution >= 4 is 80.1 Å². The van der Waals surface area contributed by atoms with E-state index in [9.17, 15) is 30.3 Å². The molecular formula is C50H48Cl4N4O6. The molecule has 2 saturated carbocycles. The first-order chi connectivity index (χ1) is 30.6. The van der Waals surface area contributed by atoms with Crippen LogP contribution in [0, 0.1) is 48.3 Å². The first-order valence-electron chi connectivity index (χ1n) is 21.3. The topological polar surface area (TPSA) is 150 Å². The Kier molecular flexibility index (Phi) is 14.4. The SMILES string of the molecule is Cc1cc(C#N)cc2c1cc(Cc1c(Cl)ccc(OC3CCC(C(=O)O)CC3)c1Cl)n2C.Cc1cc(C#N)cc2c1cc(Cc1c(Cl)ccc(OC3CCC(C(=O)O)CC3)c1Cl)n2C. The van der Waals surface area contributed by atoms with Gasteiger partial charge in [-0.15, -0.1) is 0 Å². The first kappa shape index (κ1) is 46.6. The largest absolute Gasteiger partial charge is 0.489 e. The number of aromatic nitrogens is 2. The molecule has 2 fully saturated rings. The monoisotopic (exact) mass is 940 g/mol. The second-order valence-electron chi connectivity index (χ2n) is 17.0. The van der Waals surface area contributed by atoms with E-state index in [0.717, 1.165) is 55.4 Å². The molecule has 0 aliphatic heterocycles. The zero-order valence-electron chi connectivity index (χ0n) is 36.0. The molecule has 2 aliphatic rings. The van der Waals surface area contributed by atoms with E-state index in [-0.39, 0.29) is 24.0 Å². The fourth-order valence-electron chi connectivity index (χ4n) is 9.03. The maximum Gasteiger partial charge on any atom is 0.306 e. The smallest absolute Gasteiger partial charge is 0.306 e. The lowest BCUT2D eigenvalue weighted by atomic mass is 9.87. The highest BCUT2D eigenvalue weighted by molar-refractivity contribution is 6.37. The van der Waals surface area contributed by atoms with Crippen LogP contribution in [0.2, 0.25) is 20.1 Å². The summed E-state index contributed by atoms with van der Waals surface area (Å²) in [5.41, 5.74) is 8.97. The summed E-state index contributed by atoms with van der Waals surface area (Å²) >= 11 is 26.5. The van der Waals surface area contributed by atoms with E-state index in [0.29, 0.717) is 107 Å². The lowest BCUT2D eigenvalue weighted by Gasteiger charge is -2.27. The first-order valence-corrected chi connectivity index (χ1v) is 22.8. The van der Waals surface area contributed by atoms with Gasteiger partial charge in [0.15, 0.2) is 0 Å². The van der Waals surface area contributed by atoms with Crippen LogP contribution in [0.5, 0.6) is 11.5 Å². The molecule has 0 saturated heterocycles. The Hall–Kier alpha value is -5.36. The van der Waals surface area contributed by atoms with Crippen LogP contribution in [0.3, 0.4) is 0 Å². The van der Waals surface area contributed by atoms with Crippen molar-refractivity contribution in [2.24, 2.45) is 25.9 Å². The van der Waals surface area contributed by atoms with Crippen molar-refractivity contribution in [3.8, 4) is 23.6 Å². The molecule has 6 aromatic rings. The van der Waals surface area contributed by atoms with Gasteiger partial charge < -0.3 is 28.8 Å². The van der Waals surface area contributed by atoms with Gasteiger partial charge in [0.1, 0.15) is 11.5 Å². The van der Waals surface area contributed by atoms with Crippen molar-refractivity contribution in [3.63, 3.8) is 0 Å². The van der Waals surface area contributed by atoms with Gasteiger partial charge in [-0.05, 0) is 148 Å². The zero-order chi connectivity index (χ0) is 46.0. The van der Waals surface area contributed by atoms with Gasteiger partial charge in [-0.1, -0.05) is 46.4 Å². The van der Waals surface area contributed by atoms with E-state index in [1.165, 1.54) is 0 Å². The molecule has 14 heteroatoms. The van der Waals surface area contributed by atoms with Gasteiger partial charge in [-0.25, -0.2) is 0 Å². The van der Waals surface area contributed by atoms with Gasteiger partial charge in [0, 0.05) is 70.2 Å². The number of rotatable bonds is 10. The van der Waals surface area contributed by atoms with Crippen LogP contribution in [-0.2, 0) is 36.5 Å². The Labute approximate surface area is 392 Å². The second-order valence-corrected chi connectivity index (χ2v) is 18.5. The van der Waals surface area contributed by atoms with Crippen LogP contribution in [0.4, 0.5) is 0 Å². The van der Waals surface area contributed by atoms with Gasteiger partial charge in [-0.3, -0.25) is 9.59 Å². The summed E-state index contributed by atoms with van der Waals surface area (Å²) in [7, 11) is 3.95. The molecule has 0 radical (unpaired) electrons. The fraction of sp³-hybridized carbons (Fsp3) is 0.360. The molecule has 8 rings (SSSR count). The number of nitriles is 2. The minimum Gasteiger partial charge on any atom is -0.489 e.